The van der Waals surface area contributed by atoms with Crippen molar-refractivity contribution in [1.82, 2.24) is 10.2 Å². The number of benzene rings is 1. The molecule has 4 nitrogen and oxygen atoms in total. The van der Waals surface area contributed by atoms with Crippen molar-refractivity contribution in [3.8, 4) is 5.75 Å². The summed E-state index contributed by atoms with van der Waals surface area (Å²) in [4.78, 5) is 14.1. The minimum Gasteiger partial charge on any atom is -0.507 e. The highest BCUT2D eigenvalue weighted by molar-refractivity contribution is 6.30. The number of hydrogen-bond acceptors (Lipinski definition) is 3. The van der Waals surface area contributed by atoms with Gasteiger partial charge in [0.2, 0.25) is 0 Å². The molecule has 0 saturated carbocycles. The number of amides is 1. The summed E-state index contributed by atoms with van der Waals surface area (Å²) in [6.07, 6.45) is 2.25. The summed E-state index contributed by atoms with van der Waals surface area (Å²) in [7, 11) is 0. The first-order chi connectivity index (χ1) is 9.11. The van der Waals surface area contributed by atoms with Crippen molar-refractivity contribution in [3.63, 3.8) is 0 Å². The van der Waals surface area contributed by atoms with E-state index in [9.17, 15) is 9.90 Å². The van der Waals surface area contributed by atoms with E-state index >= 15 is 0 Å². The molecule has 0 radical (unpaired) electrons. The van der Waals surface area contributed by atoms with E-state index in [1.54, 1.807) is 17.0 Å². The number of carbonyl (C=O) groups is 1. The van der Waals surface area contributed by atoms with Crippen molar-refractivity contribution < 1.29 is 9.90 Å². The second kappa shape index (κ2) is 6.26. The number of halogens is 1. The molecule has 0 spiro atoms. The fraction of sp³-hybridized carbons (Fsp3) is 0.500. The number of phenols is 1. The Labute approximate surface area is 118 Å². The molecule has 1 aromatic rings. The van der Waals surface area contributed by atoms with Crippen LogP contribution in [-0.4, -0.2) is 41.6 Å². The third-order valence-electron chi connectivity index (χ3n) is 3.46. The van der Waals surface area contributed by atoms with Gasteiger partial charge >= 0.3 is 0 Å². The third kappa shape index (κ3) is 3.39. The Morgan fingerprint density at radius 1 is 1.58 bits per heavy atom. The molecule has 0 aromatic heterocycles. The van der Waals surface area contributed by atoms with E-state index in [4.69, 9.17) is 11.6 Å². The number of carbonyl (C=O) groups excluding carboxylic acids is 1. The molecule has 0 aliphatic carbocycles. The van der Waals surface area contributed by atoms with Crippen LogP contribution in [0.15, 0.2) is 18.2 Å². The topological polar surface area (TPSA) is 52.6 Å². The van der Waals surface area contributed by atoms with E-state index in [1.807, 2.05) is 6.92 Å². The van der Waals surface area contributed by atoms with E-state index < -0.39 is 0 Å². The maximum Gasteiger partial charge on any atom is 0.257 e. The van der Waals surface area contributed by atoms with E-state index in [2.05, 4.69) is 5.32 Å². The van der Waals surface area contributed by atoms with Gasteiger partial charge in [0.1, 0.15) is 5.75 Å². The minimum atomic E-state index is -0.148. The fourth-order valence-electron chi connectivity index (χ4n) is 2.39. The number of nitrogens with zero attached hydrogens (tertiary/aromatic N) is 1. The highest BCUT2D eigenvalue weighted by atomic mass is 35.5. The van der Waals surface area contributed by atoms with Gasteiger partial charge in [0, 0.05) is 24.2 Å². The molecule has 1 heterocycles. The van der Waals surface area contributed by atoms with Crippen molar-refractivity contribution in [1.29, 1.82) is 0 Å². The van der Waals surface area contributed by atoms with Crippen molar-refractivity contribution >= 4 is 17.5 Å². The average Bonchev–Trinajstić information content (AvgIpc) is 2.88. The van der Waals surface area contributed by atoms with E-state index in [1.165, 1.54) is 6.07 Å². The van der Waals surface area contributed by atoms with Crippen LogP contribution in [0.25, 0.3) is 0 Å². The maximum atomic E-state index is 12.4. The second-order valence-electron chi connectivity index (χ2n) is 4.80. The van der Waals surface area contributed by atoms with Crippen molar-refractivity contribution in [2.75, 3.05) is 19.6 Å². The largest absolute Gasteiger partial charge is 0.507 e. The van der Waals surface area contributed by atoms with Crippen LogP contribution in [0.5, 0.6) is 5.75 Å². The summed E-state index contributed by atoms with van der Waals surface area (Å²) in [5, 5.41) is 13.6. The predicted molar refractivity (Wildman–Crippen MR) is 75.7 cm³/mol. The first-order valence-corrected chi connectivity index (χ1v) is 7.00. The summed E-state index contributed by atoms with van der Waals surface area (Å²) in [6, 6.07) is 4.95. The van der Waals surface area contributed by atoms with Gasteiger partial charge in [0.05, 0.1) is 5.56 Å². The lowest BCUT2D eigenvalue weighted by molar-refractivity contribution is 0.0748. The summed E-state index contributed by atoms with van der Waals surface area (Å²) < 4.78 is 0. The molecule has 1 aliphatic rings. The first-order valence-electron chi connectivity index (χ1n) is 6.63. The highest BCUT2D eigenvalue weighted by Crippen LogP contribution is 2.23. The summed E-state index contributed by atoms with van der Waals surface area (Å²) >= 11 is 5.78. The Morgan fingerprint density at radius 3 is 2.95 bits per heavy atom. The molecular formula is C14H19ClN2O2. The molecule has 104 valence electrons. The van der Waals surface area contributed by atoms with Gasteiger partial charge in [-0.25, -0.2) is 0 Å². The fourth-order valence-corrected chi connectivity index (χ4v) is 2.56. The summed E-state index contributed by atoms with van der Waals surface area (Å²) in [5.74, 6) is -0.208. The molecular weight excluding hydrogens is 264 g/mol. The number of hydrogen-bond donors (Lipinski definition) is 2. The van der Waals surface area contributed by atoms with Gasteiger partial charge in [0.25, 0.3) is 5.91 Å². The van der Waals surface area contributed by atoms with Crippen LogP contribution in [0.1, 0.15) is 30.1 Å². The molecule has 1 aromatic carbocycles. The van der Waals surface area contributed by atoms with Crippen LogP contribution in [-0.2, 0) is 0 Å². The molecule has 2 rings (SSSR count). The molecule has 1 amide bonds. The Hall–Kier alpha value is -1.26. The summed E-state index contributed by atoms with van der Waals surface area (Å²) in [5.41, 5.74) is 0.309. The minimum absolute atomic E-state index is 0.0599. The van der Waals surface area contributed by atoms with E-state index in [0.29, 0.717) is 29.7 Å². The maximum absolute atomic E-state index is 12.4. The molecule has 2 N–H and O–H groups in total. The quantitative estimate of drug-likeness (QED) is 0.891. The molecule has 1 fully saturated rings. The smallest absolute Gasteiger partial charge is 0.257 e. The van der Waals surface area contributed by atoms with Crippen LogP contribution in [0.4, 0.5) is 0 Å². The van der Waals surface area contributed by atoms with Gasteiger partial charge in [-0.2, -0.15) is 0 Å². The molecule has 0 bridgehead atoms. The van der Waals surface area contributed by atoms with Gasteiger partial charge in [-0.15, -0.1) is 0 Å². The lowest BCUT2D eigenvalue weighted by Crippen LogP contribution is -2.41. The second-order valence-corrected chi connectivity index (χ2v) is 5.23. The molecule has 19 heavy (non-hydrogen) atoms. The number of aromatic hydroxyl groups is 1. The zero-order valence-electron chi connectivity index (χ0n) is 11.0. The van der Waals surface area contributed by atoms with Gasteiger partial charge in [-0.05, 0) is 44.5 Å². The highest BCUT2D eigenvalue weighted by Gasteiger charge is 2.22. The molecule has 1 atom stereocenters. The summed E-state index contributed by atoms with van der Waals surface area (Å²) in [6.45, 7) is 4.26. The molecule has 1 unspecified atom stereocenters. The number of phenolic OH excluding ortho intramolecular Hbond substituents is 1. The lowest BCUT2D eigenvalue weighted by atomic mass is 10.1. The normalized spacial score (nSPS) is 18.5. The Kier molecular flexibility index (Phi) is 4.66. The first kappa shape index (κ1) is 14.2. The van der Waals surface area contributed by atoms with Gasteiger partial charge in [-0.1, -0.05) is 11.6 Å². The predicted octanol–water partition coefficient (Wildman–Crippen LogP) is 2.26. The third-order valence-corrected chi connectivity index (χ3v) is 3.70. The van der Waals surface area contributed by atoms with Crippen LogP contribution in [0.2, 0.25) is 5.02 Å². The average molecular weight is 283 g/mol. The van der Waals surface area contributed by atoms with Gasteiger partial charge < -0.3 is 15.3 Å². The zero-order chi connectivity index (χ0) is 13.8. The molecule has 1 aliphatic heterocycles. The Balaban J connectivity index is 2.10. The van der Waals surface area contributed by atoms with Gasteiger partial charge in [-0.3, -0.25) is 4.79 Å². The monoisotopic (exact) mass is 282 g/mol. The standard InChI is InChI=1S/C14H19ClN2O2/c1-2-17(9-11-4-3-7-16-11)14(19)12-6-5-10(15)8-13(12)18/h5-6,8,11,16,18H,2-4,7,9H2,1H3. The van der Waals surface area contributed by atoms with E-state index in [-0.39, 0.29) is 11.7 Å². The SMILES string of the molecule is CCN(CC1CCCN1)C(=O)c1ccc(Cl)cc1O. The number of rotatable bonds is 4. The Bertz CT molecular complexity index is 459. The Morgan fingerprint density at radius 2 is 2.37 bits per heavy atom. The molecule has 5 heteroatoms. The molecule has 1 saturated heterocycles. The van der Waals surface area contributed by atoms with Crippen molar-refractivity contribution in [2.24, 2.45) is 0 Å². The number of likely N-dealkylation sites (N-methyl/N-ethyl adjacent to an activating group) is 1. The lowest BCUT2D eigenvalue weighted by Gasteiger charge is -2.24. The van der Waals surface area contributed by atoms with Crippen LogP contribution >= 0.6 is 11.6 Å². The number of nitrogens with one attached hydrogen (secondary N) is 1. The van der Waals surface area contributed by atoms with Crippen LogP contribution in [0.3, 0.4) is 0 Å². The zero-order valence-corrected chi connectivity index (χ0v) is 11.8. The van der Waals surface area contributed by atoms with E-state index in [0.717, 1.165) is 19.4 Å². The van der Waals surface area contributed by atoms with Crippen molar-refractivity contribution in [3.05, 3.63) is 28.8 Å². The van der Waals surface area contributed by atoms with Crippen LogP contribution < -0.4 is 5.32 Å². The van der Waals surface area contributed by atoms with Crippen LogP contribution in [0, 0.1) is 0 Å². The van der Waals surface area contributed by atoms with Gasteiger partial charge in [0.15, 0.2) is 0 Å². The van der Waals surface area contributed by atoms with Crippen molar-refractivity contribution in [2.45, 2.75) is 25.8 Å².